The van der Waals surface area contributed by atoms with Crippen molar-refractivity contribution >= 4 is 46.3 Å². The lowest BCUT2D eigenvalue weighted by molar-refractivity contribution is -0.142. The zero-order valence-electron chi connectivity index (χ0n) is 22.3. The van der Waals surface area contributed by atoms with Crippen LogP contribution in [0.15, 0.2) is 64.9 Å². The molecule has 3 aromatic rings. The summed E-state index contributed by atoms with van der Waals surface area (Å²) < 4.78 is 5.46. The van der Waals surface area contributed by atoms with Gasteiger partial charge in [0.25, 0.3) is 0 Å². The van der Waals surface area contributed by atoms with Crippen LogP contribution in [0, 0.1) is 29.6 Å². The second-order valence-electron chi connectivity index (χ2n) is 11.1. The fourth-order valence-electron chi connectivity index (χ4n) is 7.40. The molecule has 0 spiro atoms. The van der Waals surface area contributed by atoms with Crippen LogP contribution in [0.3, 0.4) is 0 Å². The van der Waals surface area contributed by atoms with Crippen molar-refractivity contribution in [1.29, 1.82) is 0 Å². The molecule has 2 aliphatic heterocycles. The minimum atomic E-state index is -0.714. The van der Waals surface area contributed by atoms with Gasteiger partial charge in [0.2, 0.25) is 23.6 Å². The Morgan fingerprint density at radius 3 is 2.07 bits per heavy atom. The van der Waals surface area contributed by atoms with Gasteiger partial charge in [0.1, 0.15) is 11.5 Å². The molecule has 4 aliphatic rings. The monoisotopic (exact) mass is 588 g/mol. The molecule has 3 fully saturated rings. The van der Waals surface area contributed by atoms with Crippen LogP contribution in [0.4, 0.5) is 0 Å². The summed E-state index contributed by atoms with van der Waals surface area (Å²) in [5, 5.41) is 14.9. The highest BCUT2D eigenvalue weighted by molar-refractivity contribution is 7.10. The van der Waals surface area contributed by atoms with Crippen molar-refractivity contribution in [2.45, 2.75) is 31.8 Å². The van der Waals surface area contributed by atoms with Gasteiger partial charge < -0.3 is 9.84 Å². The van der Waals surface area contributed by atoms with Crippen molar-refractivity contribution in [3.63, 3.8) is 0 Å². The fourth-order valence-corrected chi connectivity index (χ4v) is 8.79. The van der Waals surface area contributed by atoms with Crippen LogP contribution in [0.2, 0.25) is 0 Å². The van der Waals surface area contributed by atoms with Crippen LogP contribution in [-0.4, -0.2) is 45.6 Å². The van der Waals surface area contributed by atoms with E-state index < -0.39 is 35.5 Å². The Morgan fingerprint density at radius 1 is 0.829 bits per heavy atom. The van der Waals surface area contributed by atoms with Crippen molar-refractivity contribution in [1.82, 2.24) is 9.80 Å². The highest BCUT2D eigenvalue weighted by Crippen LogP contribution is 2.59. The number of hydrogen-bond donors (Lipinski definition) is 1. The molecular formula is C31H28N2O6S2. The number of fused-ring (bicyclic) bond motifs is 4. The molecule has 210 valence electrons. The van der Waals surface area contributed by atoms with Crippen molar-refractivity contribution in [3.8, 4) is 11.5 Å². The molecular weight excluding hydrogens is 560 g/mol. The second kappa shape index (κ2) is 9.95. The molecule has 2 saturated heterocycles. The molecule has 1 saturated carbocycles. The summed E-state index contributed by atoms with van der Waals surface area (Å²) in [5.41, 5.74) is 1.36. The summed E-state index contributed by atoms with van der Waals surface area (Å²) in [5.74, 6) is -3.89. The zero-order valence-corrected chi connectivity index (χ0v) is 23.9. The number of allylic oxidation sites excluding steroid dienone is 2. The number of phenols is 1. The van der Waals surface area contributed by atoms with Gasteiger partial charge in [0.05, 0.1) is 43.9 Å². The van der Waals surface area contributed by atoms with E-state index in [4.69, 9.17) is 4.74 Å². The highest BCUT2D eigenvalue weighted by atomic mass is 32.1. The summed E-state index contributed by atoms with van der Waals surface area (Å²) in [6.07, 6.45) is 2.68. The second-order valence-corrected chi connectivity index (χ2v) is 13.2. The van der Waals surface area contributed by atoms with Crippen LogP contribution < -0.4 is 4.74 Å². The summed E-state index contributed by atoms with van der Waals surface area (Å²) in [4.78, 5) is 59.9. The van der Waals surface area contributed by atoms with Gasteiger partial charge in [-0.3, -0.25) is 29.0 Å². The molecule has 1 aromatic carbocycles. The third-order valence-corrected chi connectivity index (χ3v) is 10.9. The SMILES string of the molecule is COc1ccc(O)c(C2C3=CCC4C(=O)N(Cc5cccs5)C(=O)C4C3CC3C(=O)N(Cc4cccs4)C(=O)C32)c1. The maximum Gasteiger partial charge on any atom is 0.234 e. The number of rotatable bonds is 6. The maximum absolute atomic E-state index is 14.0. The van der Waals surface area contributed by atoms with Crippen molar-refractivity contribution in [2.75, 3.05) is 7.11 Å². The van der Waals surface area contributed by atoms with E-state index >= 15 is 0 Å². The zero-order chi connectivity index (χ0) is 28.4. The number of ether oxygens (including phenoxy) is 1. The maximum atomic E-state index is 14.0. The van der Waals surface area contributed by atoms with Gasteiger partial charge in [0.15, 0.2) is 0 Å². The van der Waals surface area contributed by atoms with E-state index in [0.717, 1.165) is 15.3 Å². The molecule has 2 aromatic heterocycles. The lowest BCUT2D eigenvalue weighted by Crippen LogP contribution is -2.43. The van der Waals surface area contributed by atoms with Gasteiger partial charge in [0, 0.05) is 21.2 Å². The number of hydrogen-bond acceptors (Lipinski definition) is 8. The van der Waals surface area contributed by atoms with E-state index in [1.165, 1.54) is 45.6 Å². The molecule has 4 amide bonds. The lowest BCUT2D eigenvalue weighted by Gasteiger charge is -2.44. The standard InChI is InChI=1S/C31H28N2O6S2/c1-39-16-6-9-24(34)22(12-16)25-19-7-8-20-26(30(37)32(28(20)35)14-17-4-2-10-40-17)21(19)13-23-27(25)31(38)33(29(23)36)15-18-5-3-11-41-18/h2-7,9-12,20-21,23,25-27,34H,8,13-15H2,1H3. The van der Waals surface area contributed by atoms with Gasteiger partial charge in [-0.1, -0.05) is 23.8 Å². The Balaban J connectivity index is 1.31. The number of aromatic hydroxyl groups is 1. The van der Waals surface area contributed by atoms with Gasteiger partial charge in [-0.15, -0.1) is 22.7 Å². The number of amides is 4. The number of nitrogens with zero attached hydrogens (tertiary/aromatic N) is 2. The quantitative estimate of drug-likeness (QED) is 0.335. The molecule has 4 heterocycles. The van der Waals surface area contributed by atoms with Gasteiger partial charge in [-0.2, -0.15) is 0 Å². The number of carbonyl (C=O) groups excluding carboxylic acids is 4. The Bertz CT molecular complexity index is 1580. The minimum absolute atomic E-state index is 0.00308. The predicted octanol–water partition coefficient (Wildman–Crippen LogP) is 4.56. The van der Waals surface area contributed by atoms with Crippen molar-refractivity contribution < 1.29 is 29.0 Å². The summed E-state index contributed by atoms with van der Waals surface area (Å²) >= 11 is 2.99. The number of carbonyl (C=O) groups is 4. The van der Waals surface area contributed by atoms with Crippen molar-refractivity contribution in [2.24, 2.45) is 29.6 Å². The molecule has 10 heteroatoms. The average molecular weight is 589 g/mol. The normalized spacial score (nSPS) is 29.0. The fraction of sp³-hybridized carbons (Fsp3) is 0.355. The molecule has 8 nitrogen and oxygen atoms in total. The first kappa shape index (κ1) is 26.2. The third-order valence-electron chi connectivity index (χ3n) is 9.19. The van der Waals surface area contributed by atoms with Gasteiger partial charge in [-0.25, -0.2) is 0 Å². The molecule has 0 radical (unpaired) electrons. The average Bonchev–Trinajstić information content (AvgIpc) is 3.77. The molecule has 0 bridgehead atoms. The topological polar surface area (TPSA) is 104 Å². The van der Waals surface area contributed by atoms with E-state index in [-0.39, 0.29) is 42.5 Å². The molecule has 41 heavy (non-hydrogen) atoms. The number of methoxy groups -OCH3 is 1. The van der Waals surface area contributed by atoms with Crippen LogP contribution in [0.5, 0.6) is 11.5 Å². The number of imide groups is 2. The van der Waals surface area contributed by atoms with Crippen LogP contribution in [-0.2, 0) is 32.3 Å². The van der Waals surface area contributed by atoms with E-state index in [9.17, 15) is 24.3 Å². The van der Waals surface area contributed by atoms with E-state index in [1.54, 1.807) is 12.1 Å². The van der Waals surface area contributed by atoms with E-state index in [0.29, 0.717) is 24.2 Å². The lowest BCUT2D eigenvalue weighted by atomic mass is 9.57. The Kier molecular flexibility index (Phi) is 6.35. The van der Waals surface area contributed by atoms with E-state index in [2.05, 4.69) is 0 Å². The molecule has 7 rings (SSSR count). The number of thiophene rings is 2. The van der Waals surface area contributed by atoms with Crippen LogP contribution >= 0.6 is 22.7 Å². The predicted molar refractivity (Wildman–Crippen MR) is 152 cm³/mol. The van der Waals surface area contributed by atoms with E-state index in [1.807, 2.05) is 41.1 Å². The minimum Gasteiger partial charge on any atom is -0.508 e. The highest BCUT2D eigenvalue weighted by Gasteiger charge is 2.62. The summed E-state index contributed by atoms with van der Waals surface area (Å²) in [7, 11) is 1.53. The largest absolute Gasteiger partial charge is 0.508 e. The molecule has 6 unspecified atom stereocenters. The summed E-state index contributed by atoms with van der Waals surface area (Å²) in [6.45, 7) is 0.434. The molecule has 2 aliphatic carbocycles. The first-order valence-corrected chi connectivity index (χ1v) is 15.4. The first-order valence-electron chi connectivity index (χ1n) is 13.7. The van der Waals surface area contributed by atoms with Crippen molar-refractivity contribution in [3.05, 3.63) is 80.2 Å². The number of phenolic OH excluding ortho intramolecular Hbond substituents is 1. The smallest absolute Gasteiger partial charge is 0.234 e. The Morgan fingerprint density at radius 2 is 1.46 bits per heavy atom. The molecule has 1 N–H and O–H groups in total. The van der Waals surface area contributed by atoms with Gasteiger partial charge in [-0.05, 0) is 59.9 Å². The Labute approximate surface area is 244 Å². The third kappa shape index (κ3) is 4.06. The first-order chi connectivity index (χ1) is 19.9. The summed E-state index contributed by atoms with van der Waals surface area (Å²) in [6, 6.07) is 12.5. The number of likely N-dealkylation sites (tertiary alicyclic amines) is 2. The molecule has 6 atom stereocenters. The number of benzene rings is 1. The van der Waals surface area contributed by atoms with Crippen LogP contribution in [0.25, 0.3) is 0 Å². The Hall–Kier alpha value is -3.76. The van der Waals surface area contributed by atoms with Crippen LogP contribution in [0.1, 0.15) is 34.1 Å². The van der Waals surface area contributed by atoms with Gasteiger partial charge >= 0.3 is 0 Å².